The summed E-state index contributed by atoms with van der Waals surface area (Å²) in [6, 6.07) is 9.40. The van der Waals surface area contributed by atoms with Crippen molar-refractivity contribution in [1.29, 1.82) is 0 Å². The zero-order chi connectivity index (χ0) is 12.4. The maximum Gasteiger partial charge on any atom is 0.0925 e. The van der Waals surface area contributed by atoms with Gasteiger partial charge in [0.2, 0.25) is 0 Å². The van der Waals surface area contributed by atoms with Crippen molar-refractivity contribution < 1.29 is 0 Å². The molecule has 5 heteroatoms. The maximum atomic E-state index is 5.83. The van der Waals surface area contributed by atoms with E-state index in [1.165, 1.54) is 0 Å². The van der Waals surface area contributed by atoms with E-state index in [4.69, 9.17) is 11.6 Å². The summed E-state index contributed by atoms with van der Waals surface area (Å²) in [5.41, 5.74) is 2.62. The van der Waals surface area contributed by atoms with E-state index in [1.54, 1.807) is 29.5 Å². The molecule has 3 rings (SSSR count). The average molecular weight is 257 g/mol. The first-order valence-corrected chi connectivity index (χ1v) is 5.79. The van der Waals surface area contributed by atoms with E-state index < -0.39 is 0 Å². The molecular weight excluding hydrogens is 248 g/mol. The minimum Gasteiger partial charge on any atom is -0.262 e. The number of rotatable bonds is 2. The molecule has 0 aliphatic carbocycles. The zero-order valence-electron chi connectivity index (χ0n) is 9.36. The van der Waals surface area contributed by atoms with Crippen molar-refractivity contribution in [2.45, 2.75) is 0 Å². The molecule has 0 aromatic carbocycles. The molecule has 88 valence electrons. The first kappa shape index (κ1) is 10.9. The van der Waals surface area contributed by atoms with Crippen molar-refractivity contribution in [1.82, 2.24) is 19.7 Å². The van der Waals surface area contributed by atoms with Crippen molar-refractivity contribution in [3.63, 3.8) is 0 Å². The monoisotopic (exact) mass is 256 g/mol. The van der Waals surface area contributed by atoms with Crippen molar-refractivity contribution in [2.75, 3.05) is 0 Å². The second-order valence-electron chi connectivity index (χ2n) is 3.70. The van der Waals surface area contributed by atoms with E-state index in [0.717, 1.165) is 17.1 Å². The van der Waals surface area contributed by atoms with E-state index in [-0.39, 0.29) is 0 Å². The minimum atomic E-state index is 0.617. The highest BCUT2D eigenvalue weighted by Crippen LogP contribution is 2.20. The number of nitrogens with zero attached hydrogens (tertiary/aromatic N) is 4. The van der Waals surface area contributed by atoms with Gasteiger partial charge in [0.05, 0.1) is 34.5 Å². The van der Waals surface area contributed by atoms with E-state index in [2.05, 4.69) is 15.1 Å². The number of hydrogen-bond donors (Lipinski definition) is 0. The lowest BCUT2D eigenvalue weighted by molar-refractivity contribution is 0.877. The molecule has 0 saturated heterocycles. The van der Waals surface area contributed by atoms with E-state index in [1.807, 2.05) is 30.3 Å². The van der Waals surface area contributed by atoms with Crippen LogP contribution in [0.4, 0.5) is 0 Å². The second-order valence-corrected chi connectivity index (χ2v) is 4.14. The molecule has 0 aliphatic heterocycles. The second kappa shape index (κ2) is 4.58. The van der Waals surface area contributed by atoms with E-state index in [0.29, 0.717) is 5.02 Å². The predicted octanol–water partition coefficient (Wildman–Crippen LogP) is 2.98. The Hall–Kier alpha value is -2.20. The summed E-state index contributed by atoms with van der Waals surface area (Å²) in [6.07, 6.45) is 6.84. The summed E-state index contributed by atoms with van der Waals surface area (Å²) < 4.78 is 1.79. The number of hydrogen-bond acceptors (Lipinski definition) is 3. The first-order chi connectivity index (χ1) is 8.84. The molecule has 0 atom stereocenters. The summed E-state index contributed by atoms with van der Waals surface area (Å²) >= 11 is 5.83. The summed E-state index contributed by atoms with van der Waals surface area (Å²) in [6.45, 7) is 0. The fourth-order valence-corrected chi connectivity index (χ4v) is 1.82. The number of aromatic nitrogens is 4. The van der Waals surface area contributed by atoms with Crippen LogP contribution in [-0.2, 0) is 0 Å². The van der Waals surface area contributed by atoms with Gasteiger partial charge in [0.1, 0.15) is 0 Å². The molecule has 0 N–H and O–H groups in total. The van der Waals surface area contributed by atoms with Crippen LogP contribution in [0.25, 0.3) is 17.1 Å². The molecule has 0 fully saturated rings. The predicted molar refractivity (Wildman–Crippen MR) is 69.6 cm³/mol. The molecular formula is C13H9ClN4. The Morgan fingerprint density at radius 2 is 1.94 bits per heavy atom. The lowest BCUT2D eigenvalue weighted by atomic mass is 10.2. The molecule has 0 bridgehead atoms. The summed E-state index contributed by atoms with van der Waals surface area (Å²) in [5, 5.41) is 4.91. The molecule has 0 radical (unpaired) electrons. The molecule has 3 aromatic heterocycles. The minimum absolute atomic E-state index is 0.617. The summed E-state index contributed by atoms with van der Waals surface area (Å²) in [7, 11) is 0. The van der Waals surface area contributed by atoms with Gasteiger partial charge in [0.15, 0.2) is 0 Å². The largest absolute Gasteiger partial charge is 0.262 e. The Balaban J connectivity index is 2.10. The van der Waals surface area contributed by atoms with Crippen LogP contribution in [0.3, 0.4) is 0 Å². The SMILES string of the molecule is Clc1ccc(-c2ccnn2-c2cccnc2)nc1. The Morgan fingerprint density at radius 1 is 1.00 bits per heavy atom. The fourth-order valence-electron chi connectivity index (χ4n) is 1.71. The molecule has 0 spiro atoms. The molecule has 0 unspecified atom stereocenters. The molecule has 3 heterocycles. The number of halogens is 1. The van der Waals surface area contributed by atoms with Gasteiger partial charge >= 0.3 is 0 Å². The van der Waals surface area contributed by atoms with Gasteiger partial charge in [-0.3, -0.25) is 9.97 Å². The third kappa shape index (κ3) is 1.98. The van der Waals surface area contributed by atoms with Crippen LogP contribution < -0.4 is 0 Å². The van der Waals surface area contributed by atoms with Crippen LogP contribution in [0.15, 0.2) is 55.1 Å². The molecule has 0 amide bonds. The Bertz CT molecular complexity index is 646. The van der Waals surface area contributed by atoms with Crippen LogP contribution in [-0.4, -0.2) is 19.7 Å². The Labute approximate surface area is 109 Å². The fraction of sp³-hybridized carbons (Fsp3) is 0. The van der Waals surface area contributed by atoms with Crippen LogP contribution in [0.5, 0.6) is 0 Å². The lowest BCUT2D eigenvalue weighted by Gasteiger charge is -2.06. The van der Waals surface area contributed by atoms with Crippen LogP contribution in [0.1, 0.15) is 0 Å². The highest BCUT2D eigenvalue weighted by Gasteiger charge is 2.08. The first-order valence-electron chi connectivity index (χ1n) is 5.41. The molecule has 4 nitrogen and oxygen atoms in total. The van der Waals surface area contributed by atoms with Crippen molar-refractivity contribution in [3.05, 3.63) is 60.1 Å². The topological polar surface area (TPSA) is 43.6 Å². The zero-order valence-corrected chi connectivity index (χ0v) is 10.1. The van der Waals surface area contributed by atoms with Gasteiger partial charge in [0, 0.05) is 12.4 Å². The molecule has 3 aromatic rings. The van der Waals surface area contributed by atoms with Gasteiger partial charge in [0.25, 0.3) is 0 Å². The maximum absolute atomic E-state index is 5.83. The third-order valence-electron chi connectivity index (χ3n) is 2.52. The summed E-state index contributed by atoms with van der Waals surface area (Å²) in [4.78, 5) is 8.38. The van der Waals surface area contributed by atoms with Crippen molar-refractivity contribution in [3.8, 4) is 17.1 Å². The van der Waals surface area contributed by atoms with Gasteiger partial charge in [-0.15, -0.1) is 0 Å². The third-order valence-corrected chi connectivity index (χ3v) is 2.75. The molecule has 18 heavy (non-hydrogen) atoms. The summed E-state index contributed by atoms with van der Waals surface area (Å²) in [5.74, 6) is 0. The highest BCUT2D eigenvalue weighted by atomic mass is 35.5. The van der Waals surface area contributed by atoms with Crippen molar-refractivity contribution >= 4 is 11.6 Å². The van der Waals surface area contributed by atoms with Crippen LogP contribution in [0, 0.1) is 0 Å². The van der Waals surface area contributed by atoms with Gasteiger partial charge in [-0.05, 0) is 30.3 Å². The average Bonchev–Trinajstić information content (AvgIpc) is 2.90. The highest BCUT2D eigenvalue weighted by molar-refractivity contribution is 6.30. The lowest BCUT2D eigenvalue weighted by Crippen LogP contribution is -1.99. The van der Waals surface area contributed by atoms with E-state index in [9.17, 15) is 0 Å². The molecule has 0 aliphatic rings. The Kier molecular flexibility index (Phi) is 2.78. The smallest absolute Gasteiger partial charge is 0.0925 e. The van der Waals surface area contributed by atoms with Crippen molar-refractivity contribution in [2.24, 2.45) is 0 Å². The van der Waals surface area contributed by atoms with Gasteiger partial charge in [-0.1, -0.05) is 11.6 Å². The quantitative estimate of drug-likeness (QED) is 0.708. The van der Waals surface area contributed by atoms with Gasteiger partial charge in [-0.25, -0.2) is 4.68 Å². The normalized spacial score (nSPS) is 10.5. The van der Waals surface area contributed by atoms with Crippen LogP contribution in [0.2, 0.25) is 5.02 Å². The molecule has 0 saturated carbocycles. The standard InChI is InChI=1S/C13H9ClN4/c14-10-3-4-12(16-8-10)13-5-7-17-18(13)11-2-1-6-15-9-11/h1-9H. The van der Waals surface area contributed by atoms with Gasteiger partial charge in [-0.2, -0.15) is 5.10 Å². The number of pyridine rings is 2. The van der Waals surface area contributed by atoms with Crippen LogP contribution >= 0.6 is 11.6 Å². The van der Waals surface area contributed by atoms with Gasteiger partial charge < -0.3 is 0 Å². The Morgan fingerprint density at radius 3 is 2.67 bits per heavy atom. The van der Waals surface area contributed by atoms with E-state index >= 15 is 0 Å².